The Morgan fingerprint density at radius 3 is 2.22 bits per heavy atom. The standard InChI is InChI=1S/C23H19ClN4O3S/c1-15(29)13-16-5-4-6-18(14-16)25-22-23(27-21-8-3-2-7-20(21)26-22)28-32(30,31)19-11-9-17(24)10-12-19/h2-12,14H,13H2,1H3,(H,25,26)(H,27,28). The molecule has 0 aliphatic rings. The molecular formula is C23H19ClN4O3S. The Bertz CT molecular complexity index is 1410. The average Bonchev–Trinajstić information content (AvgIpc) is 2.74. The molecule has 0 bridgehead atoms. The molecule has 0 aliphatic heterocycles. The Balaban J connectivity index is 1.74. The fourth-order valence-electron chi connectivity index (χ4n) is 3.14. The number of aromatic nitrogens is 2. The van der Waals surface area contributed by atoms with Gasteiger partial charge in [-0.15, -0.1) is 0 Å². The fourth-order valence-corrected chi connectivity index (χ4v) is 4.28. The Morgan fingerprint density at radius 2 is 1.56 bits per heavy atom. The number of ketones is 1. The Labute approximate surface area is 190 Å². The molecule has 4 aromatic rings. The largest absolute Gasteiger partial charge is 0.337 e. The SMILES string of the molecule is CC(=O)Cc1cccc(Nc2nc3ccccc3nc2NS(=O)(=O)c2ccc(Cl)cc2)c1. The molecule has 2 N–H and O–H groups in total. The molecule has 162 valence electrons. The van der Waals surface area contributed by atoms with E-state index in [4.69, 9.17) is 11.6 Å². The van der Waals surface area contributed by atoms with Crippen LogP contribution in [0.15, 0.2) is 77.7 Å². The zero-order valence-electron chi connectivity index (χ0n) is 17.0. The summed E-state index contributed by atoms with van der Waals surface area (Å²) in [4.78, 5) is 20.6. The molecule has 0 spiro atoms. The number of benzene rings is 3. The van der Waals surface area contributed by atoms with Crippen LogP contribution in [0.4, 0.5) is 17.3 Å². The van der Waals surface area contributed by atoms with Gasteiger partial charge in [0, 0.05) is 17.1 Å². The molecule has 0 saturated heterocycles. The van der Waals surface area contributed by atoms with E-state index in [2.05, 4.69) is 20.0 Å². The minimum Gasteiger partial charge on any atom is -0.337 e. The normalized spacial score (nSPS) is 11.3. The van der Waals surface area contributed by atoms with Gasteiger partial charge in [0.25, 0.3) is 10.0 Å². The molecule has 0 atom stereocenters. The Morgan fingerprint density at radius 1 is 0.906 bits per heavy atom. The molecule has 0 saturated carbocycles. The van der Waals surface area contributed by atoms with Crippen molar-refractivity contribution >= 4 is 55.8 Å². The van der Waals surface area contributed by atoms with E-state index in [9.17, 15) is 13.2 Å². The van der Waals surface area contributed by atoms with Crippen LogP contribution in [-0.2, 0) is 21.2 Å². The summed E-state index contributed by atoms with van der Waals surface area (Å²) < 4.78 is 28.4. The number of halogens is 1. The van der Waals surface area contributed by atoms with E-state index < -0.39 is 10.0 Å². The van der Waals surface area contributed by atoms with Crippen LogP contribution in [0.2, 0.25) is 5.02 Å². The lowest BCUT2D eigenvalue weighted by molar-refractivity contribution is -0.116. The summed E-state index contributed by atoms with van der Waals surface area (Å²) >= 11 is 5.88. The summed E-state index contributed by atoms with van der Waals surface area (Å²) in [6.07, 6.45) is 0.301. The lowest BCUT2D eigenvalue weighted by Crippen LogP contribution is -2.16. The van der Waals surface area contributed by atoms with Crippen LogP contribution in [0.5, 0.6) is 0 Å². The number of carbonyl (C=O) groups is 1. The van der Waals surface area contributed by atoms with Crippen molar-refractivity contribution in [2.45, 2.75) is 18.2 Å². The Hall–Kier alpha value is -3.49. The molecule has 9 heteroatoms. The predicted octanol–water partition coefficient (Wildman–Crippen LogP) is 4.96. The molecule has 32 heavy (non-hydrogen) atoms. The molecule has 0 aliphatic carbocycles. The van der Waals surface area contributed by atoms with Gasteiger partial charge in [-0.1, -0.05) is 35.9 Å². The number of hydrogen-bond donors (Lipinski definition) is 2. The first-order valence-electron chi connectivity index (χ1n) is 9.71. The number of carbonyl (C=O) groups excluding carboxylic acids is 1. The maximum atomic E-state index is 12.9. The highest BCUT2D eigenvalue weighted by Crippen LogP contribution is 2.27. The number of para-hydroxylation sites is 2. The lowest BCUT2D eigenvalue weighted by atomic mass is 10.1. The van der Waals surface area contributed by atoms with Crippen LogP contribution >= 0.6 is 11.6 Å². The third-order valence-corrected chi connectivity index (χ3v) is 6.18. The van der Waals surface area contributed by atoms with Crippen molar-refractivity contribution in [2.75, 3.05) is 10.0 Å². The highest BCUT2D eigenvalue weighted by Gasteiger charge is 2.19. The molecule has 0 radical (unpaired) electrons. The summed E-state index contributed by atoms with van der Waals surface area (Å²) in [5.74, 6) is 0.334. The summed E-state index contributed by atoms with van der Waals surface area (Å²) in [6.45, 7) is 1.53. The van der Waals surface area contributed by atoms with E-state index in [-0.39, 0.29) is 22.3 Å². The van der Waals surface area contributed by atoms with Gasteiger partial charge in [0.15, 0.2) is 11.6 Å². The molecule has 1 aromatic heterocycles. The summed E-state index contributed by atoms with van der Waals surface area (Å²) in [5.41, 5.74) is 2.63. The zero-order valence-corrected chi connectivity index (χ0v) is 18.6. The van der Waals surface area contributed by atoms with E-state index in [0.29, 0.717) is 28.2 Å². The first-order chi connectivity index (χ1) is 15.3. The van der Waals surface area contributed by atoms with Crippen LogP contribution in [0.3, 0.4) is 0 Å². The quantitative estimate of drug-likeness (QED) is 0.399. The highest BCUT2D eigenvalue weighted by molar-refractivity contribution is 7.92. The van der Waals surface area contributed by atoms with Crippen molar-refractivity contribution in [3.05, 3.63) is 83.4 Å². The third kappa shape index (κ3) is 5.04. The monoisotopic (exact) mass is 466 g/mol. The summed E-state index contributed by atoms with van der Waals surface area (Å²) in [5, 5.41) is 3.56. The number of fused-ring (bicyclic) bond motifs is 1. The number of Topliss-reactive ketones (excluding diaryl/α,β-unsaturated/α-hetero) is 1. The van der Waals surface area contributed by atoms with Crippen molar-refractivity contribution in [3.8, 4) is 0 Å². The van der Waals surface area contributed by atoms with Crippen molar-refractivity contribution in [3.63, 3.8) is 0 Å². The summed E-state index contributed by atoms with van der Waals surface area (Å²) in [7, 11) is -3.93. The second kappa shape index (κ2) is 8.94. The first-order valence-corrected chi connectivity index (χ1v) is 11.6. The van der Waals surface area contributed by atoms with E-state index in [1.54, 1.807) is 24.3 Å². The van der Waals surface area contributed by atoms with Crippen LogP contribution in [0, 0.1) is 0 Å². The second-order valence-electron chi connectivity index (χ2n) is 7.17. The van der Waals surface area contributed by atoms with Crippen molar-refractivity contribution in [2.24, 2.45) is 0 Å². The number of hydrogen-bond acceptors (Lipinski definition) is 6. The van der Waals surface area contributed by atoms with E-state index in [1.165, 1.54) is 31.2 Å². The number of anilines is 3. The number of rotatable bonds is 7. The van der Waals surface area contributed by atoms with Gasteiger partial charge in [-0.25, -0.2) is 18.4 Å². The van der Waals surface area contributed by atoms with Crippen LogP contribution in [-0.4, -0.2) is 24.2 Å². The summed E-state index contributed by atoms with van der Waals surface area (Å²) in [6, 6.07) is 20.3. The average molecular weight is 467 g/mol. The molecule has 1 heterocycles. The topological polar surface area (TPSA) is 101 Å². The van der Waals surface area contributed by atoms with Gasteiger partial charge in [0.05, 0.1) is 15.9 Å². The first kappa shape index (κ1) is 21.7. The number of nitrogens with one attached hydrogen (secondary N) is 2. The van der Waals surface area contributed by atoms with Gasteiger partial charge in [-0.3, -0.25) is 9.52 Å². The minimum atomic E-state index is -3.93. The molecular weight excluding hydrogens is 448 g/mol. The smallest absolute Gasteiger partial charge is 0.263 e. The zero-order chi connectivity index (χ0) is 22.7. The van der Waals surface area contributed by atoms with E-state index in [0.717, 1.165) is 5.56 Å². The van der Waals surface area contributed by atoms with Crippen LogP contribution in [0.25, 0.3) is 11.0 Å². The molecule has 7 nitrogen and oxygen atoms in total. The van der Waals surface area contributed by atoms with Crippen molar-refractivity contribution in [1.29, 1.82) is 0 Å². The molecule has 3 aromatic carbocycles. The van der Waals surface area contributed by atoms with Crippen LogP contribution < -0.4 is 10.0 Å². The predicted molar refractivity (Wildman–Crippen MR) is 126 cm³/mol. The molecule has 0 unspecified atom stereocenters. The van der Waals surface area contributed by atoms with Gasteiger partial charge in [-0.2, -0.15) is 0 Å². The van der Waals surface area contributed by atoms with E-state index in [1.807, 2.05) is 24.3 Å². The maximum Gasteiger partial charge on any atom is 0.263 e. The van der Waals surface area contributed by atoms with Gasteiger partial charge in [-0.05, 0) is 61.0 Å². The molecule has 4 rings (SSSR count). The minimum absolute atomic E-state index is 0.0454. The van der Waals surface area contributed by atoms with Gasteiger partial charge < -0.3 is 5.32 Å². The van der Waals surface area contributed by atoms with Gasteiger partial charge in [0.1, 0.15) is 5.78 Å². The highest BCUT2D eigenvalue weighted by atomic mass is 35.5. The third-order valence-electron chi connectivity index (χ3n) is 4.57. The van der Waals surface area contributed by atoms with E-state index >= 15 is 0 Å². The maximum absolute atomic E-state index is 12.9. The number of sulfonamides is 1. The van der Waals surface area contributed by atoms with Crippen molar-refractivity contribution < 1.29 is 13.2 Å². The fraction of sp³-hybridized carbons (Fsp3) is 0.0870. The van der Waals surface area contributed by atoms with Crippen molar-refractivity contribution in [1.82, 2.24) is 9.97 Å². The lowest BCUT2D eigenvalue weighted by Gasteiger charge is -2.14. The molecule has 0 fully saturated rings. The van der Waals surface area contributed by atoms with Gasteiger partial charge in [0.2, 0.25) is 0 Å². The van der Waals surface area contributed by atoms with Crippen LogP contribution in [0.1, 0.15) is 12.5 Å². The van der Waals surface area contributed by atoms with Gasteiger partial charge >= 0.3 is 0 Å². The number of nitrogens with zero attached hydrogens (tertiary/aromatic N) is 2. The molecule has 0 amide bonds. The second-order valence-corrected chi connectivity index (χ2v) is 9.29. The Kier molecular flexibility index (Phi) is 6.07.